The number of rotatable bonds is 12. The molecule has 0 bridgehead atoms. The van der Waals surface area contributed by atoms with Crippen molar-refractivity contribution in [1.82, 2.24) is 19.5 Å². The third kappa shape index (κ3) is 6.37. The molecule has 1 saturated heterocycles. The van der Waals surface area contributed by atoms with E-state index in [2.05, 4.69) is 30.3 Å². The third-order valence-electron chi connectivity index (χ3n) is 8.46. The highest BCUT2D eigenvalue weighted by Gasteiger charge is 2.47. The summed E-state index contributed by atoms with van der Waals surface area (Å²) in [6.07, 6.45) is -3.31. The Morgan fingerprint density at radius 2 is 1.68 bits per heavy atom. The summed E-state index contributed by atoms with van der Waals surface area (Å²) in [6, 6.07) is 21.8. The topological polar surface area (TPSA) is 199 Å². The number of nitrogens with zero attached hydrogens (tertiary/aromatic N) is 6. The van der Waals surface area contributed by atoms with Crippen LogP contribution in [0.5, 0.6) is 11.5 Å². The van der Waals surface area contributed by atoms with Crippen LogP contribution in [0.25, 0.3) is 21.6 Å². The summed E-state index contributed by atoms with van der Waals surface area (Å²) in [7, 11) is 3.14. The Morgan fingerprint density at radius 3 is 2.24 bits per heavy atom. The van der Waals surface area contributed by atoms with Gasteiger partial charge in [0.05, 0.1) is 39.3 Å². The zero-order chi connectivity index (χ0) is 36.3. The lowest BCUT2D eigenvalue weighted by molar-refractivity contribution is -0.118. The van der Waals surface area contributed by atoms with E-state index < -0.39 is 41.5 Å². The second-order valence-corrected chi connectivity index (χ2v) is 11.8. The van der Waals surface area contributed by atoms with Crippen LogP contribution in [0.1, 0.15) is 38.1 Å². The number of hydrogen-bond donors (Lipinski definition) is 3. The normalized spacial score (nSPS) is 20.7. The zero-order valence-electron chi connectivity index (χ0n) is 28.7. The predicted octanol–water partition coefficient (Wildman–Crippen LogP) is 4.68. The number of imidazole rings is 1. The van der Waals surface area contributed by atoms with Gasteiger partial charge in [-0.1, -0.05) is 73.6 Å². The molecule has 3 aromatic carbocycles. The maximum atomic E-state index is 12.9. The largest absolute Gasteiger partial charge is 0.497 e. The second kappa shape index (κ2) is 14.4. The molecule has 0 saturated carbocycles. The van der Waals surface area contributed by atoms with Gasteiger partial charge in [-0.05, 0) is 46.5 Å². The second-order valence-electron chi connectivity index (χ2n) is 11.8. The van der Waals surface area contributed by atoms with Gasteiger partial charge in [-0.15, -0.1) is 0 Å². The first kappa shape index (κ1) is 32.8. The molecule has 15 nitrogen and oxygen atoms in total. The number of carbonyl (C=O) groups is 1. The molecular weight excluding hydrogens is 644 g/mol. The minimum atomic E-state index is -2.31. The molecule has 15 heteroatoms. The molecule has 3 heterocycles. The lowest BCUT2D eigenvalue weighted by atomic mass is 9.80. The molecule has 4 atom stereocenters. The molecule has 5 aromatic rings. The maximum absolute atomic E-state index is 12.9. The Bertz CT molecular complexity index is 2070. The number of aliphatic hydroxyl groups excluding tert-OH is 1. The molecule has 1 aliphatic rings. The molecule has 0 radical (unpaired) electrons. The first-order valence-corrected chi connectivity index (χ1v) is 15.7. The predicted molar refractivity (Wildman–Crippen MR) is 183 cm³/mol. The first-order chi connectivity index (χ1) is 24.5. The number of aliphatic hydroxyl groups is 1. The van der Waals surface area contributed by atoms with E-state index in [1.807, 2.05) is 54.6 Å². The summed E-state index contributed by atoms with van der Waals surface area (Å²) in [5, 5.41) is 17.8. The van der Waals surface area contributed by atoms with Crippen molar-refractivity contribution >= 4 is 23.0 Å². The van der Waals surface area contributed by atoms with Crippen molar-refractivity contribution < 1.29 is 30.2 Å². The fourth-order valence-electron chi connectivity index (χ4n) is 5.87. The van der Waals surface area contributed by atoms with Crippen molar-refractivity contribution in [3.8, 4) is 11.5 Å². The summed E-state index contributed by atoms with van der Waals surface area (Å²) in [5.41, 5.74) is 9.60. The quantitative estimate of drug-likeness (QED) is 0.0724. The summed E-state index contributed by atoms with van der Waals surface area (Å²) >= 11 is 0. The van der Waals surface area contributed by atoms with Gasteiger partial charge in [-0.2, -0.15) is 4.98 Å². The van der Waals surface area contributed by atoms with E-state index in [1.54, 1.807) is 52.3 Å². The van der Waals surface area contributed by atoms with E-state index in [1.165, 1.54) is 10.9 Å². The van der Waals surface area contributed by atoms with Gasteiger partial charge < -0.3 is 24.1 Å². The number of anilines is 1. The fraction of sp³-hybridized carbons (Fsp3) is 0.314. The highest BCUT2D eigenvalue weighted by atomic mass is 16.6. The van der Waals surface area contributed by atoms with E-state index >= 15 is 0 Å². The molecule has 6 rings (SSSR count). The van der Waals surface area contributed by atoms with Crippen LogP contribution in [0, 0.1) is 5.92 Å². The molecule has 1 fully saturated rings. The molecule has 258 valence electrons. The van der Waals surface area contributed by atoms with Crippen molar-refractivity contribution in [1.29, 1.82) is 0 Å². The Morgan fingerprint density at radius 1 is 1.08 bits per heavy atom. The lowest BCUT2D eigenvalue weighted by Gasteiger charge is -2.37. The van der Waals surface area contributed by atoms with Crippen molar-refractivity contribution in [2.24, 2.45) is 11.0 Å². The monoisotopic (exact) mass is 681 g/mol. The average Bonchev–Trinajstić information content (AvgIpc) is 3.67. The minimum absolute atomic E-state index is 0.0400. The van der Waals surface area contributed by atoms with Crippen molar-refractivity contribution in [2.45, 2.75) is 43.9 Å². The summed E-state index contributed by atoms with van der Waals surface area (Å²) in [6.45, 7) is 3.00. The molecule has 0 spiro atoms. The number of benzene rings is 3. The number of fused-ring (bicyclic) bond motifs is 1. The van der Waals surface area contributed by atoms with Crippen LogP contribution >= 0.6 is 0 Å². The molecule has 2 aromatic heterocycles. The van der Waals surface area contributed by atoms with Gasteiger partial charge in [0.15, 0.2) is 17.4 Å². The number of aromatic amines is 1. The van der Waals surface area contributed by atoms with Crippen LogP contribution < -0.4 is 20.3 Å². The molecule has 50 heavy (non-hydrogen) atoms. The number of carbonyl (C=O) groups excluding carboxylic acids is 1. The Labute approximate surface area is 287 Å². The number of hydrogen-bond acceptors (Lipinski definition) is 10. The minimum Gasteiger partial charge on any atom is -0.497 e. The van der Waals surface area contributed by atoms with E-state index in [0.29, 0.717) is 22.6 Å². The van der Waals surface area contributed by atoms with E-state index in [9.17, 15) is 21.6 Å². The number of H-pyrrole nitrogens is 1. The Kier molecular flexibility index (Phi) is 9.45. The highest BCUT2D eigenvalue weighted by Crippen LogP contribution is 2.43. The van der Waals surface area contributed by atoms with E-state index in [-0.39, 0.29) is 29.6 Å². The number of amides is 1. The van der Waals surface area contributed by atoms with Gasteiger partial charge >= 0.3 is 0 Å². The van der Waals surface area contributed by atoms with E-state index in [4.69, 9.17) is 18.9 Å². The fourth-order valence-corrected chi connectivity index (χ4v) is 5.87. The van der Waals surface area contributed by atoms with Gasteiger partial charge in [0.2, 0.25) is 11.9 Å². The number of aromatic nitrogens is 4. The van der Waals surface area contributed by atoms with Crippen LogP contribution in [-0.2, 0) is 19.9 Å². The zero-order valence-corrected chi connectivity index (χ0v) is 27.7. The molecule has 0 aliphatic carbocycles. The standard InChI is InChI=1S/C35H36N8O7/c1-20(2)31(45)39-34-38-30-28(32(46)40-34)37-19-43(30)33-29(44)27(41-42-36)26(50-33)18-49-35(21-8-6-5-7-9-21,22-10-14-24(47-3)15-11-22)23-12-16-25(48-4)17-13-23/h5-17,19-20,26-27,29,33,44H,18H2,1-4H3,(H2,38,39,40,45,46)/t26-,27-,29-,33?/m1/s1/i27D. The smallest absolute Gasteiger partial charge is 0.280 e. The lowest BCUT2D eigenvalue weighted by Crippen LogP contribution is -2.39. The Hall–Kier alpha value is -5.73. The third-order valence-corrected chi connectivity index (χ3v) is 8.46. The Balaban J connectivity index is 1.43. The molecule has 3 N–H and O–H groups in total. The molecule has 1 unspecified atom stereocenters. The van der Waals surface area contributed by atoms with Gasteiger partial charge in [0.25, 0.3) is 5.56 Å². The summed E-state index contributed by atoms with van der Waals surface area (Å²) in [5.74, 6) is 0.325. The van der Waals surface area contributed by atoms with Crippen LogP contribution in [0.4, 0.5) is 5.95 Å². The van der Waals surface area contributed by atoms with Crippen LogP contribution in [0.2, 0.25) is 0 Å². The highest BCUT2D eigenvalue weighted by molar-refractivity contribution is 5.91. The van der Waals surface area contributed by atoms with Gasteiger partial charge in [-0.3, -0.25) is 24.5 Å². The summed E-state index contributed by atoms with van der Waals surface area (Å²) < 4.78 is 34.5. The van der Waals surface area contributed by atoms with Crippen LogP contribution in [-0.4, -0.2) is 69.6 Å². The van der Waals surface area contributed by atoms with Crippen molar-refractivity contribution in [3.05, 3.63) is 123 Å². The number of methoxy groups -OCH3 is 2. The number of azide groups is 1. The van der Waals surface area contributed by atoms with E-state index in [0.717, 1.165) is 5.56 Å². The SMILES string of the molecule is [2H][C@@]1(N=[N+]=[N-])[C@@H](COC(c2ccccc2)(c2ccc(OC)cc2)c2ccc(OC)cc2)OC(n2cnc3c(=O)[nH]c(NC(=O)C(C)C)nc32)[C@@H]1O. The average molecular weight is 682 g/mol. The van der Waals surface area contributed by atoms with Gasteiger partial charge in [0, 0.05) is 12.2 Å². The number of ether oxygens (including phenoxy) is 4. The molecular formula is C35H36N8O7. The maximum Gasteiger partial charge on any atom is 0.280 e. The van der Waals surface area contributed by atoms with Crippen molar-refractivity contribution in [2.75, 3.05) is 26.1 Å². The van der Waals surface area contributed by atoms with Crippen LogP contribution in [0.3, 0.4) is 0 Å². The number of nitrogens with one attached hydrogen (secondary N) is 2. The molecule has 1 amide bonds. The molecule has 1 aliphatic heterocycles. The van der Waals surface area contributed by atoms with Gasteiger partial charge in [0.1, 0.15) is 23.2 Å². The van der Waals surface area contributed by atoms with Gasteiger partial charge in [-0.25, -0.2) is 4.98 Å². The van der Waals surface area contributed by atoms with Crippen molar-refractivity contribution in [3.63, 3.8) is 0 Å². The van der Waals surface area contributed by atoms with Crippen LogP contribution in [0.15, 0.2) is 95.1 Å². The first-order valence-electron chi connectivity index (χ1n) is 16.2. The summed E-state index contributed by atoms with van der Waals surface area (Å²) in [4.78, 5) is 39.1.